The number of carbonyl (C=O) groups is 1. The Morgan fingerprint density at radius 1 is 1.31 bits per heavy atom. The van der Waals surface area contributed by atoms with E-state index in [9.17, 15) is 19.7 Å². The molecule has 0 saturated heterocycles. The number of aryl methyl sites for hydroxylation is 1. The van der Waals surface area contributed by atoms with Gasteiger partial charge < -0.3 is 4.90 Å². The third-order valence-electron chi connectivity index (χ3n) is 4.07. The van der Waals surface area contributed by atoms with Crippen LogP contribution >= 0.6 is 0 Å². The number of nitrogens with zero attached hydrogens (tertiary/aromatic N) is 4. The third-order valence-corrected chi connectivity index (χ3v) is 4.07. The summed E-state index contributed by atoms with van der Waals surface area (Å²) in [6.45, 7) is 6.46. The van der Waals surface area contributed by atoms with E-state index in [0.29, 0.717) is 18.8 Å². The van der Waals surface area contributed by atoms with Crippen LogP contribution in [0.4, 0.5) is 5.69 Å². The van der Waals surface area contributed by atoms with Gasteiger partial charge in [0.2, 0.25) is 5.43 Å². The Balaban J connectivity index is 2.56. The molecule has 8 nitrogen and oxygen atoms in total. The zero-order valence-corrected chi connectivity index (χ0v) is 15.1. The first-order valence-electron chi connectivity index (χ1n) is 8.54. The number of aromatic nitrogens is 2. The fourth-order valence-corrected chi connectivity index (χ4v) is 2.64. The van der Waals surface area contributed by atoms with Crippen LogP contribution in [0, 0.1) is 17.0 Å². The Morgan fingerprint density at radius 2 is 2.00 bits per heavy atom. The molecule has 0 atom stereocenters. The Labute approximate surface area is 151 Å². The average Bonchev–Trinajstić information content (AvgIpc) is 2.62. The van der Waals surface area contributed by atoms with Crippen LogP contribution in [-0.4, -0.2) is 38.6 Å². The number of nitro benzene ring substituents is 1. The normalized spacial score (nSPS) is 10.6. The first kappa shape index (κ1) is 19.3. The zero-order chi connectivity index (χ0) is 19.3. The topological polar surface area (TPSA) is 98.3 Å². The van der Waals surface area contributed by atoms with Crippen molar-refractivity contribution in [1.82, 2.24) is 14.7 Å². The number of hydrogen-bond donors (Lipinski definition) is 0. The first-order valence-corrected chi connectivity index (χ1v) is 8.54. The molecule has 1 amide bonds. The molecular formula is C18H22N4O4. The molecule has 2 rings (SSSR count). The number of hydrogen-bond acceptors (Lipinski definition) is 5. The second-order valence-electron chi connectivity index (χ2n) is 5.89. The van der Waals surface area contributed by atoms with Crippen molar-refractivity contribution < 1.29 is 9.72 Å². The zero-order valence-electron chi connectivity index (χ0n) is 15.1. The first-order chi connectivity index (χ1) is 12.4. The van der Waals surface area contributed by atoms with Crippen LogP contribution in [0.5, 0.6) is 0 Å². The fraction of sp³-hybridized carbons (Fsp3) is 0.389. The molecule has 0 aliphatic carbocycles. The number of nitro groups is 1. The summed E-state index contributed by atoms with van der Waals surface area (Å²) in [4.78, 5) is 37.4. The molecule has 1 aromatic heterocycles. The Morgan fingerprint density at radius 3 is 2.62 bits per heavy atom. The van der Waals surface area contributed by atoms with Gasteiger partial charge in [-0.25, -0.2) is 4.68 Å². The largest absolute Gasteiger partial charge is 0.337 e. The SMILES string of the molecule is CCCCN(CC)C(=O)c1nn(-c2ccccc2[N+](=O)[O-])c(C)cc1=O. The molecule has 1 heterocycles. The summed E-state index contributed by atoms with van der Waals surface area (Å²) in [5.41, 5.74) is -0.245. The molecule has 0 aliphatic rings. The highest BCUT2D eigenvalue weighted by Gasteiger charge is 2.22. The summed E-state index contributed by atoms with van der Waals surface area (Å²) >= 11 is 0. The van der Waals surface area contributed by atoms with Crippen molar-refractivity contribution in [3.63, 3.8) is 0 Å². The highest BCUT2D eigenvalue weighted by molar-refractivity contribution is 5.92. The van der Waals surface area contributed by atoms with Crippen molar-refractivity contribution in [2.75, 3.05) is 13.1 Å². The minimum Gasteiger partial charge on any atom is -0.337 e. The summed E-state index contributed by atoms with van der Waals surface area (Å²) in [7, 11) is 0. The molecule has 1 aromatic carbocycles. The van der Waals surface area contributed by atoms with Gasteiger partial charge >= 0.3 is 0 Å². The Hall–Kier alpha value is -3.03. The van der Waals surface area contributed by atoms with Gasteiger partial charge in [0, 0.05) is 30.9 Å². The Kier molecular flexibility index (Phi) is 6.21. The van der Waals surface area contributed by atoms with Crippen LogP contribution in [0.15, 0.2) is 35.1 Å². The molecule has 2 aromatic rings. The lowest BCUT2D eigenvalue weighted by Gasteiger charge is -2.20. The van der Waals surface area contributed by atoms with Gasteiger partial charge in [-0.3, -0.25) is 19.7 Å². The third kappa shape index (κ3) is 3.96. The highest BCUT2D eigenvalue weighted by Crippen LogP contribution is 2.22. The lowest BCUT2D eigenvalue weighted by Crippen LogP contribution is -2.36. The van der Waals surface area contributed by atoms with Crippen molar-refractivity contribution in [2.24, 2.45) is 0 Å². The van der Waals surface area contributed by atoms with E-state index in [1.165, 1.54) is 22.9 Å². The monoisotopic (exact) mass is 358 g/mol. The molecule has 0 aliphatic heterocycles. The van der Waals surface area contributed by atoms with E-state index in [2.05, 4.69) is 5.10 Å². The van der Waals surface area contributed by atoms with E-state index in [0.717, 1.165) is 12.8 Å². The fourth-order valence-electron chi connectivity index (χ4n) is 2.64. The van der Waals surface area contributed by atoms with Crippen LogP contribution in [-0.2, 0) is 0 Å². The van der Waals surface area contributed by atoms with Gasteiger partial charge in [0.15, 0.2) is 5.69 Å². The molecular weight excluding hydrogens is 336 g/mol. The van der Waals surface area contributed by atoms with E-state index in [1.54, 1.807) is 24.0 Å². The van der Waals surface area contributed by atoms with Crippen molar-refractivity contribution >= 4 is 11.6 Å². The summed E-state index contributed by atoms with van der Waals surface area (Å²) in [6, 6.07) is 7.36. The van der Waals surface area contributed by atoms with E-state index >= 15 is 0 Å². The van der Waals surface area contributed by atoms with Crippen LogP contribution < -0.4 is 5.43 Å². The minimum atomic E-state index is -0.518. The molecule has 0 unspecified atom stereocenters. The minimum absolute atomic E-state index is 0.150. The number of carbonyl (C=O) groups excluding carboxylic acids is 1. The Bertz CT molecular complexity index is 876. The van der Waals surface area contributed by atoms with Gasteiger partial charge in [-0.2, -0.15) is 5.10 Å². The van der Waals surface area contributed by atoms with E-state index < -0.39 is 16.3 Å². The van der Waals surface area contributed by atoms with E-state index in [-0.39, 0.29) is 17.1 Å². The maximum atomic E-state index is 12.7. The summed E-state index contributed by atoms with van der Waals surface area (Å²) in [6.07, 6.45) is 1.75. The van der Waals surface area contributed by atoms with Crippen molar-refractivity contribution in [2.45, 2.75) is 33.6 Å². The molecule has 0 radical (unpaired) electrons. The van der Waals surface area contributed by atoms with E-state index in [1.807, 2.05) is 13.8 Å². The standard InChI is InChI=1S/C18H22N4O4/c1-4-6-11-20(5-2)18(24)17-16(23)12-13(3)21(19-17)14-9-7-8-10-15(14)22(25)26/h7-10,12H,4-6,11H2,1-3H3. The molecule has 0 saturated carbocycles. The molecule has 0 spiro atoms. The van der Waals surface area contributed by atoms with Crippen LogP contribution in [0.25, 0.3) is 5.69 Å². The molecule has 0 fully saturated rings. The summed E-state index contributed by atoms with van der Waals surface area (Å²) in [5.74, 6) is -0.460. The predicted octanol–water partition coefficient (Wildman–Crippen LogP) is 2.71. The van der Waals surface area contributed by atoms with Gasteiger partial charge in [-0.15, -0.1) is 0 Å². The quantitative estimate of drug-likeness (QED) is 0.560. The van der Waals surface area contributed by atoms with E-state index in [4.69, 9.17) is 0 Å². The second-order valence-corrected chi connectivity index (χ2v) is 5.89. The number of benzene rings is 1. The average molecular weight is 358 g/mol. The summed E-state index contributed by atoms with van der Waals surface area (Å²) < 4.78 is 1.28. The lowest BCUT2D eigenvalue weighted by molar-refractivity contribution is -0.384. The number of rotatable bonds is 7. The predicted molar refractivity (Wildman–Crippen MR) is 97.7 cm³/mol. The van der Waals surface area contributed by atoms with Gasteiger partial charge in [-0.1, -0.05) is 25.5 Å². The second kappa shape index (κ2) is 8.37. The number of unbranched alkanes of at least 4 members (excludes halogenated alkanes) is 1. The lowest BCUT2D eigenvalue weighted by atomic mass is 10.2. The smallest absolute Gasteiger partial charge is 0.294 e. The summed E-state index contributed by atoms with van der Waals surface area (Å²) in [5, 5.41) is 15.5. The van der Waals surface area contributed by atoms with Gasteiger partial charge in [0.05, 0.1) is 4.92 Å². The van der Waals surface area contributed by atoms with Crippen molar-refractivity contribution in [3.05, 3.63) is 62.1 Å². The van der Waals surface area contributed by atoms with Crippen LogP contribution in [0.3, 0.4) is 0 Å². The van der Waals surface area contributed by atoms with Gasteiger partial charge in [0.1, 0.15) is 5.69 Å². The number of amides is 1. The highest BCUT2D eigenvalue weighted by atomic mass is 16.6. The van der Waals surface area contributed by atoms with Crippen molar-refractivity contribution in [3.8, 4) is 5.69 Å². The van der Waals surface area contributed by atoms with Gasteiger partial charge in [-0.05, 0) is 26.3 Å². The van der Waals surface area contributed by atoms with Crippen LogP contribution in [0.1, 0.15) is 42.9 Å². The number of para-hydroxylation sites is 2. The maximum Gasteiger partial charge on any atom is 0.294 e. The molecule has 0 N–H and O–H groups in total. The molecule has 0 bridgehead atoms. The van der Waals surface area contributed by atoms with Gasteiger partial charge in [0.25, 0.3) is 11.6 Å². The maximum absolute atomic E-state index is 12.7. The van der Waals surface area contributed by atoms with Crippen LogP contribution in [0.2, 0.25) is 0 Å². The molecule has 138 valence electrons. The van der Waals surface area contributed by atoms with Crippen molar-refractivity contribution in [1.29, 1.82) is 0 Å². The molecule has 8 heteroatoms. The molecule has 26 heavy (non-hydrogen) atoms.